The van der Waals surface area contributed by atoms with Gasteiger partial charge in [0, 0.05) is 29.7 Å². The van der Waals surface area contributed by atoms with Gasteiger partial charge in [0.25, 0.3) is 5.91 Å². The average Bonchev–Trinajstić information content (AvgIpc) is 3.39. The minimum Gasteiger partial charge on any atom is -0.484 e. The van der Waals surface area contributed by atoms with E-state index in [0.29, 0.717) is 18.8 Å². The molecule has 29 heavy (non-hydrogen) atoms. The van der Waals surface area contributed by atoms with Crippen molar-refractivity contribution < 1.29 is 19.0 Å². The monoisotopic (exact) mass is 410 g/mol. The van der Waals surface area contributed by atoms with Gasteiger partial charge in [0.1, 0.15) is 10.8 Å². The highest BCUT2D eigenvalue weighted by atomic mass is 32.1. The highest BCUT2D eigenvalue weighted by Gasteiger charge is 2.17. The van der Waals surface area contributed by atoms with Crippen LogP contribution < -0.4 is 14.2 Å². The van der Waals surface area contributed by atoms with Gasteiger partial charge in [-0.15, -0.1) is 11.3 Å². The summed E-state index contributed by atoms with van der Waals surface area (Å²) in [4.78, 5) is 18.8. The molecule has 0 saturated carbocycles. The Morgan fingerprint density at radius 3 is 2.69 bits per heavy atom. The first kappa shape index (κ1) is 19.3. The highest BCUT2D eigenvalue weighted by molar-refractivity contribution is 7.13. The van der Waals surface area contributed by atoms with Gasteiger partial charge in [0.05, 0.1) is 0 Å². The summed E-state index contributed by atoms with van der Waals surface area (Å²) in [6, 6.07) is 13.4. The van der Waals surface area contributed by atoms with Gasteiger partial charge in [-0.2, -0.15) is 0 Å². The minimum absolute atomic E-state index is 0.00585. The van der Waals surface area contributed by atoms with Crippen LogP contribution in [0.15, 0.2) is 47.8 Å². The number of fused-ring (bicyclic) bond motifs is 1. The third-order valence-electron chi connectivity index (χ3n) is 4.63. The zero-order valence-electron chi connectivity index (χ0n) is 16.4. The van der Waals surface area contributed by atoms with E-state index in [2.05, 4.69) is 4.98 Å². The summed E-state index contributed by atoms with van der Waals surface area (Å²) in [7, 11) is 0. The minimum atomic E-state index is -0.0650. The van der Waals surface area contributed by atoms with Crippen LogP contribution in [0.25, 0.3) is 10.6 Å². The standard InChI is InChI=1S/C22H22N2O4S/c1-3-24(11-16-4-9-19-20(10-16)28-14-27-19)21(25)12-26-18-7-5-17(6-8-18)22-23-15(2)13-29-22/h4-10,13H,3,11-12,14H2,1-2H3. The first-order valence-electron chi connectivity index (χ1n) is 9.44. The van der Waals surface area contributed by atoms with Crippen LogP contribution in [0.4, 0.5) is 0 Å². The van der Waals surface area contributed by atoms with Gasteiger partial charge in [0.2, 0.25) is 6.79 Å². The van der Waals surface area contributed by atoms with Crippen molar-refractivity contribution in [3.63, 3.8) is 0 Å². The molecule has 4 rings (SSSR count). The molecule has 7 heteroatoms. The molecule has 1 aliphatic rings. The number of carbonyl (C=O) groups excluding carboxylic acids is 1. The number of carbonyl (C=O) groups is 1. The van der Waals surface area contributed by atoms with Crippen LogP contribution in [0.5, 0.6) is 17.2 Å². The first-order chi connectivity index (χ1) is 14.1. The van der Waals surface area contributed by atoms with Crippen molar-refractivity contribution >= 4 is 17.2 Å². The Bertz CT molecular complexity index is 1000. The first-order valence-corrected chi connectivity index (χ1v) is 10.3. The molecule has 0 bridgehead atoms. The highest BCUT2D eigenvalue weighted by Crippen LogP contribution is 2.32. The summed E-state index contributed by atoms with van der Waals surface area (Å²) in [6.07, 6.45) is 0. The lowest BCUT2D eigenvalue weighted by molar-refractivity contribution is -0.133. The van der Waals surface area contributed by atoms with E-state index in [1.165, 1.54) is 0 Å². The summed E-state index contributed by atoms with van der Waals surface area (Å²) in [5.41, 5.74) is 3.05. The fourth-order valence-electron chi connectivity index (χ4n) is 3.05. The maximum atomic E-state index is 12.6. The van der Waals surface area contributed by atoms with Crippen LogP contribution in [-0.2, 0) is 11.3 Å². The van der Waals surface area contributed by atoms with E-state index in [9.17, 15) is 4.79 Å². The quantitative estimate of drug-likeness (QED) is 0.582. The molecule has 0 atom stereocenters. The van der Waals surface area contributed by atoms with E-state index in [0.717, 1.165) is 33.3 Å². The maximum Gasteiger partial charge on any atom is 0.260 e. The molecule has 2 aromatic carbocycles. The fraction of sp³-hybridized carbons (Fsp3) is 0.273. The van der Waals surface area contributed by atoms with Gasteiger partial charge < -0.3 is 19.1 Å². The smallest absolute Gasteiger partial charge is 0.260 e. The second-order valence-corrected chi connectivity index (χ2v) is 7.56. The molecule has 0 radical (unpaired) electrons. The van der Waals surface area contributed by atoms with E-state index in [-0.39, 0.29) is 19.3 Å². The molecule has 6 nitrogen and oxygen atoms in total. The summed E-state index contributed by atoms with van der Waals surface area (Å²) in [5.74, 6) is 2.06. The molecular weight excluding hydrogens is 388 g/mol. The van der Waals surface area contributed by atoms with E-state index in [4.69, 9.17) is 14.2 Å². The molecule has 1 amide bonds. The molecule has 3 aromatic rings. The van der Waals surface area contributed by atoms with Gasteiger partial charge >= 0.3 is 0 Å². The molecule has 0 unspecified atom stereocenters. The van der Waals surface area contributed by atoms with Gasteiger partial charge in [-0.25, -0.2) is 4.98 Å². The molecule has 0 N–H and O–H groups in total. The lowest BCUT2D eigenvalue weighted by Crippen LogP contribution is -2.34. The van der Waals surface area contributed by atoms with Crippen LogP contribution in [-0.4, -0.2) is 35.7 Å². The van der Waals surface area contributed by atoms with Gasteiger partial charge in [0.15, 0.2) is 18.1 Å². The molecular formula is C22H22N2O4S. The molecule has 0 fully saturated rings. The van der Waals surface area contributed by atoms with Crippen molar-refractivity contribution in [3.8, 4) is 27.8 Å². The predicted molar refractivity (Wildman–Crippen MR) is 111 cm³/mol. The Morgan fingerprint density at radius 1 is 1.17 bits per heavy atom. The lowest BCUT2D eigenvalue weighted by atomic mass is 10.2. The number of amides is 1. The number of hydrogen-bond donors (Lipinski definition) is 0. The number of aromatic nitrogens is 1. The van der Waals surface area contributed by atoms with Crippen LogP contribution >= 0.6 is 11.3 Å². The van der Waals surface area contributed by atoms with Crippen molar-refractivity contribution in [1.29, 1.82) is 0 Å². The van der Waals surface area contributed by atoms with Crippen LogP contribution in [0.2, 0.25) is 0 Å². The van der Waals surface area contributed by atoms with Crippen molar-refractivity contribution in [2.24, 2.45) is 0 Å². The SMILES string of the molecule is CCN(Cc1ccc2c(c1)OCO2)C(=O)COc1ccc(-c2nc(C)cs2)cc1. The van der Waals surface area contributed by atoms with Crippen LogP contribution in [0, 0.1) is 6.92 Å². The van der Waals surface area contributed by atoms with E-state index in [1.54, 1.807) is 16.2 Å². The largest absolute Gasteiger partial charge is 0.484 e. The molecule has 0 saturated heterocycles. The molecule has 0 spiro atoms. The fourth-order valence-corrected chi connectivity index (χ4v) is 3.86. The van der Waals surface area contributed by atoms with E-state index < -0.39 is 0 Å². The van der Waals surface area contributed by atoms with Crippen molar-refractivity contribution in [2.45, 2.75) is 20.4 Å². The number of hydrogen-bond acceptors (Lipinski definition) is 6. The molecule has 0 aliphatic carbocycles. The van der Waals surface area contributed by atoms with E-state index >= 15 is 0 Å². The summed E-state index contributed by atoms with van der Waals surface area (Å²) in [6.45, 7) is 5.26. The number of nitrogens with zero attached hydrogens (tertiary/aromatic N) is 2. The second kappa shape index (κ2) is 8.53. The number of rotatable bonds is 7. The summed E-state index contributed by atoms with van der Waals surface area (Å²) >= 11 is 1.61. The van der Waals surface area contributed by atoms with Crippen LogP contribution in [0.3, 0.4) is 0 Å². The topological polar surface area (TPSA) is 60.9 Å². The number of likely N-dealkylation sites (N-methyl/N-ethyl adjacent to an activating group) is 1. The molecule has 1 aromatic heterocycles. The summed E-state index contributed by atoms with van der Waals surface area (Å²) in [5, 5.41) is 3.00. The number of ether oxygens (including phenoxy) is 3. The van der Waals surface area contributed by atoms with Gasteiger partial charge in [-0.1, -0.05) is 6.07 Å². The van der Waals surface area contributed by atoms with Crippen molar-refractivity contribution in [2.75, 3.05) is 19.9 Å². The number of benzene rings is 2. The Kier molecular flexibility index (Phi) is 5.67. The zero-order valence-corrected chi connectivity index (χ0v) is 17.2. The average molecular weight is 410 g/mol. The number of thiazole rings is 1. The van der Waals surface area contributed by atoms with Crippen molar-refractivity contribution in [1.82, 2.24) is 9.88 Å². The predicted octanol–water partition coefficient (Wildman–Crippen LogP) is 4.27. The third kappa shape index (κ3) is 4.51. The number of aryl methyl sites for hydroxylation is 1. The Labute approximate surface area is 173 Å². The second-order valence-electron chi connectivity index (χ2n) is 6.70. The normalized spacial score (nSPS) is 12.1. The van der Waals surface area contributed by atoms with Crippen molar-refractivity contribution in [3.05, 3.63) is 59.1 Å². The summed E-state index contributed by atoms with van der Waals surface area (Å²) < 4.78 is 16.4. The third-order valence-corrected chi connectivity index (χ3v) is 5.64. The van der Waals surface area contributed by atoms with Gasteiger partial charge in [-0.3, -0.25) is 4.79 Å². The maximum absolute atomic E-state index is 12.6. The molecule has 2 heterocycles. The Morgan fingerprint density at radius 2 is 1.97 bits per heavy atom. The lowest BCUT2D eigenvalue weighted by Gasteiger charge is -2.21. The molecule has 1 aliphatic heterocycles. The molecule has 150 valence electrons. The zero-order chi connectivity index (χ0) is 20.2. The van der Waals surface area contributed by atoms with Crippen LogP contribution in [0.1, 0.15) is 18.2 Å². The van der Waals surface area contributed by atoms with Gasteiger partial charge in [-0.05, 0) is 55.8 Å². The Balaban J connectivity index is 1.34. The van der Waals surface area contributed by atoms with E-state index in [1.807, 2.05) is 61.7 Å². The Hall–Kier alpha value is -3.06.